The Morgan fingerprint density at radius 1 is 1.20 bits per heavy atom. The largest absolute Gasteiger partial charge is 0.508 e. The van der Waals surface area contributed by atoms with Crippen molar-refractivity contribution >= 4 is 11.8 Å². The molecule has 0 aromatic heterocycles. The summed E-state index contributed by atoms with van der Waals surface area (Å²) in [5.41, 5.74) is 0.922. The number of carbonyl (C=O) groups is 2. The van der Waals surface area contributed by atoms with E-state index in [4.69, 9.17) is 0 Å². The summed E-state index contributed by atoms with van der Waals surface area (Å²) in [4.78, 5) is 29.4. The molecule has 6 heteroatoms. The fourth-order valence-corrected chi connectivity index (χ4v) is 3.51. The molecule has 0 radical (unpaired) electrons. The number of hydrogen-bond acceptors (Lipinski definition) is 4. The van der Waals surface area contributed by atoms with Crippen LogP contribution in [-0.2, 0) is 16.0 Å². The Morgan fingerprint density at radius 3 is 2.60 bits per heavy atom. The van der Waals surface area contributed by atoms with E-state index in [0.717, 1.165) is 25.1 Å². The molecule has 1 aromatic rings. The molecule has 0 saturated carbocycles. The zero-order valence-electron chi connectivity index (χ0n) is 14.9. The lowest BCUT2D eigenvalue weighted by molar-refractivity contribution is -0.152. The van der Waals surface area contributed by atoms with E-state index in [1.54, 1.807) is 29.2 Å². The summed E-state index contributed by atoms with van der Waals surface area (Å²) in [5, 5.41) is 12.3. The molecule has 136 valence electrons. The predicted octanol–water partition coefficient (Wildman–Crippen LogP) is 0.992. The molecule has 6 nitrogen and oxygen atoms in total. The zero-order valence-corrected chi connectivity index (χ0v) is 14.9. The van der Waals surface area contributed by atoms with Gasteiger partial charge in [0.2, 0.25) is 11.8 Å². The van der Waals surface area contributed by atoms with Crippen molar-refractivity contribution in [1.82, 2.24) is 15.1 Å². The highest BCUT2D eigenvalue weighted by Crippen LogP contribution is 2.20. The maximum atomic E-state index is 12.8. The SMILES string of the molecule is CC(C)CCN1CCN2C(=O)[C@@H](Cc3ccc(O)cc3)NC(=O)[C@H]2C1. The topological polar surface area (TPSA) is 72.9 Å². The lowest BCUT2D eigenvalue weighted by Crippen LogP contribution is -2.69. The maximum Gasteiger partial charge on any atom is 0.246 e. The van der Waals surface area contributed by atoms with E-state index in [9.17, 15) is 14.7 Å². The number of hydrogen-bond donors (Lipinski definition) is 2. The zero-order chi connectivity index (χ0) is 18.0. The van der Waals surface area contributed by atoms with Crippen LogP contribution in [0.5, 0.6) is 5.75 Å². The third-order valence-corrected chi connectivity index (χ3v) is 5.06. The molecule has 2 N–H and O–H groups in total. The number of amides is 2. The van der Waals surface area contributed by atoms with E-state index in [0.29, 0.717) is 25.4 Å². The first-order valence-electron chi connectivity index (χ1n) is 9.05. The number of phenolic OH excluding ortho intramolecular Hbond substituents is 1. The van der Waals surface area contributed by atoms with E-state index in [2.05, 4.69) is 24.1 Å². The quantitative estimate of drug-likeness (QED) is 0.835. The van der Waals surface area contributed by atoms with Crippen LogP contribution in [0.25, 0.3) is 0 Å². The lowest BCUT2D eigenvalue weighted by atomic mass is 9.98. The minimum absolute atomic E-state index is 0.00110. The predicted molar refractivity (Wildman–Crippen MR) is 95.1 cm³/mol. The summed E-state index contributed by atoms with van der Waals surface area (Å²) in [7, 11) is 0. The minimum atomic E-state index is -0.518. The Balaban J connectivity index is 1.63. The van der Waals surface area contributed by atoms with Crippen LogP contribution in [0.1, 0.15) is 25.8 Å². The van der Waals surface area contributed by atoms with Crippen molar-refractivity contribution in [1.29, 1.82) is 0 Å². The van der Waals surface area contributed by atoms with Gasteiger partial charge in [-0.2, -0.15) is 0 Å². The van der Waals surface area contributed by atoms with Crippen LogP contribution >= 0.6 is 0 Å². The summed E-state index contributed by atoms with van der Waals surface area (Å²) in [6, 6.07) is 5.87. The third kappa shape index (κ3) is 4.12. The Morgan fingerprint density at radius 2 is 1.92 bits per heavy atom. The minimum Gasteiger partial charge on any atom is -0.508 e. The molecule has 3 rings (SSSR count). The van der Waals surface area contributed by atoms with Crippen LogP contribution in [0, 0.1) is 5.92 Å². The van der Waals surface area contributed by atoms with E-state index in [1.807, 2.05) is 0 Å². The molecule has 1 aromatic carbocycles. The monoisotopic (exact) mass is 345 g/mol. The second-order valence-corrected chi connectivity index (χ2v) is 7.46. The highest BCUT2D eigenvalue weighted by atomic mass is 16.3. The number of aromatic hydroxyl groups is 1. The first-order chi connectivity index (χ1) is 11.9. The number of nitrogens with one attached hydrogen (secondary N) is 1. The summed E-state index contributed by atoms with van der Waals surface area (Å²) < 4.78 is 0. The molecule has 2 fully saturated rings. The number of fused-ring (bicyclic) bond motifs is 1. The highest BCUT2D eigenvalue weighted by molar-refractivity contribution is 5.97. The van der Waals surface area contributed by atoms with Crippen molar-refractivity contribution < 1.29 is 14.7 Å². The summed E-state index contributed by atoms with van der Waals surface area (Å²) in [6.45, 7) is 7.42. The molecule has 25 heavy (non-hydrogen) atoms. The number of nitrogens with zero attached hydrogens (tertiary/aromatic N) is 2. The fraction of sp³-hybridized carbons (Fsp3) is 0.579. The second kappa shape index (κ2) is 7.44. The summed E-state index contributed by atoms with van der Waals surface area (Å²) in [5.74, 6) is 0.772. The van der Waals surface area contributed by atoms with Gasteiger partial charge in [-0.05, 0) is 36.6 Å². The first kappa shape index (κ1) is 17.7. The molecule has 0 spiro atoms. The molecule has 0 unspecified atom stereocenters. The van der Waals surface area contributed by atoms with Gasteiger partial charge >= 0.3 is 0 Å². The number of phenols is 1. The van der Waals surface area contributed by atoms with E-state index < -0.39 is 6.04 Å². The Labute approximate surface area is 148 Å². The van der Waals surface area contributed by atoms with E-state index in [-0.39, 0.29) is 23.6 Å². The van der Waals surface area contributed by atoms with Crippen LogP contribution in [0.15, 0.2) is 24.3 Å². The van der Waals surface area contributed by atoms with E-state index in [1.165, 1.54) is 0 Å². The molecule has 0 bridgehead atoms. The fourth-order valence-electron chi connectivity index (χ4n) is 3.51. The van der Waals surface area contributed by atoms with Gasteiger partial charge < -0.3 is 15.3 Å². The third-order valence-electron chi connectivity index (χ3n) is 5.06. The smallest absolute Gasteiger partial charge is 0.246 e. The highest BCUT2D eigenvalue weighted by Gasteiger charge is 2.43. The number of carbonyl (C=O) groups excluding carboxylic acids is 2. The van der Waals surface area contributed by atoms with Gasteiger partial charge in [-0.25, -0.2) is 0 Å². The molecular weight excluding hydrogens is 318 g/mol. The lowest BCUT2D eigenvalue weighted by Gasteiger charge is -2.45. The van der Waals surface area contributed by atoms with Crippen molar-refractivity contribution in [3.8, 4) is 5.75 Å². The van der Waals surface area contributed by atoms with E-state index >= 15 is 0 Å². The Kier molecular flexibility index (Phi) is 5.27. The van der Waals surface area contributed by atoms with Gasteiger partial charge in [0, 0.05) is 26.1 Å². The first-order valence-corrected chi connectivity index (χ1v) is 9.05. The number of piperazine rings is 2. The van der Waals surface area contributed by atoms with Crippen LogP contribution in [0.2, 0.25) is 0 Å². The van der Waals surface area contributed by atoms with Crippen LogP contribution in [-0.4, -0.2) is 65.0 Å². The van der Waals surface area contributed by atoms with Gasteiger partial charge in [-0.3, -0.25) is 14.5 Å². The van der Waals surface area contributed by atoms with Gasteiger partial charge in [0.1, 0.15) is 17.8 Å². The van der Waals surface area contributed by atoms with Gasteiger partial charge in [-0.1, -0.05) is 26.0 Å². The van der Waals surface area contributed by atoms with Crippen LogP contribution < -0.4 is 5.32 Å². The average molecular weight is 345 g/mol. The molecule has 2 heterocycles. The molecule has 0 aliphatic carbocycles. The van der Waals surface area contributed by atoms with Gasteiger partial charge in [0.15, 0.2) is 0 Å². The van der Waals surface area contributed by atoms with Crippen molar-refractivity contribution in [3.63, 3.8) is 0 Å². The van der Waals surface area contributed by atoms with Crippen molar-refractivity contribution in [2.75, 3.05) is 26.2 Å². The molecule has 2 atom stereocenters. The van der Waals surface area contributed by atoms with Crippen molar-refractivity contribution in [2.24, 2.45) is 5.92 Å². The van der Waals surface area contributed by atoms with Gasteiger partial charge in [0.05, 0.1) is 0 Å². The second-order valence-electron chi connectivity index (χ2n) is 7.46. The Hall–Kier alpha value is -2.08. The Bertz CT molecular complexity index is 629. The standard InChI is InChI=1S/C19H27N3O3/c1-13(2)7-8-21-9-10-22-17(12-21)18(24)20-16(19(22)25)11-14-3-5-15(23)6-4-14/h3-6,13,16-17,23H,7-12H2,1-2H3,(H,20,24)/t16-,17-/m1/s1. The number of benzene rings is 1. The molecule has 2 aliphatic heterocycles. The molecule has 2 aliphatic rings. The van der Waals surface area contributed by atoms with Crippen LogP contribution in [0.3, 0.4) is 0 Å². The molecule has 2 amide bonds. The normalized spacial score (nSPS) is 24.4. The summed E-state index contributed by atoms with van der Waals surface area (Å²) >= 11 is 0. The van der Waals surface area contributed by atoms with Gasteiger partial charge in [0.25, 0.3) is 0 Å². The maximum absolute atomic E-state index is 12.8. The summed E-state index contributed by atoms with van der Waals surface area (Å²) in [6.07, 6.45) is 1.55. The van der Waals surface area contributed by atoms with Crippen molar-refractivity contribution in [2.45, 2.75) is 38.8 Å². The average Bonchev–Trinajstić information content (AvgIpc) is 2.59. The van der Waals surface area contributed by atoms with Crippen LogP contribution in [0.4, 0.5) is 0 Å². The van der Waals surface area contributed by atoms with Gasteiger partial charge in [-0.15, -0.1) is 0 Å². The molecular formula is C19H27N3O3. The van der Waals surface area contributed by atoms with Crippen molar-refractivity contribution in [3.05, 3.63) is 29.8 Å². The molecule has 2 saturated heterocycles. The number of rotatable bonds is 5.